The van der Waals surface area contributed by atoms with Crippen molar-refractivity contribution >= 4 is 5.96 Å². The maximum Gasteiger partial charge on any atom is 0.194 e. The first-order valence-electron chi connectivity index (χ1n) is 4.50. The Labute approximate surface area is 83.0 Å². The number of rotatable bonds is 1. The zero-order valence-electron chi connectivity index (χ0n) is 8.03. The molecule has 4 heteroatoms. The second-order valence-corrected chi connectivity index (χ2v) is 3.28. The standard InChI is InChI=1S/C10H13N3O/c1-13-7-14-9(12-10(13)11)8-5-3-2-4-6-8/h2-6,9H,7H2,1H3,(H2,11,12). The van der Waals surface area contributed by atoms with Crippen molar-refractivity contribution in [3.8, 4) is 0 Å². The number of ether oxygens (including phenoxy) is 1. The average molecular weight is 191 g/mol. The van der Waals surface area contributed by atoms with Gasteiger partial charge in [-0.3, -0.25) is 5.41 Å². The SMILES string of the molecule is CN1COC(c2ccccc2)NC1=N. The van der Waals surface area contributed by atoms with Crippen LogP contribution in [0.4, 0.5) is 0 Å². The molecule has 0 amide bonds. The molecule has 1 aliphatic rings. The van der Waals surface area contributed by atoms with Crippen LogP contribution in [-0.2, 0) is 4.74 Å². The van der Waals surface area contributed by atoms with Gasteiger partial charge in [-0.25, -0.2) is 0 Å². The highest BCUT2D eigenvalue weighted by Crippen LogP contribution is 2.16. The van der Waals surface area contributed by atoms with Gasteiger partial charge in [0.15, 0.2) is 12.2 Å². The summed E-state index contributed by atoms with van der Waals surface area (Å²) in [6.07, 6.45) is -0.195. The molecule has 1 saturated heterocycles. The number of hydrogen-bond acceptors (Lipinski definition) is 2. The molecule has 74 valence electrons. The molecule has 1 aliphatic heterocycles. The van der Waals surface area contributed by atoms with Gasteiger partial charge in [-0.15, -0.1) is 0 Å². The van der Waals surface area contributed by atoms with Crippen molar-refractivity contribution in [1.29, 1.82) is 5.41 Å². The lowest BCUT2D eigenvalue weighted by molar-refractivity contribution is -0.0266. The van der Waals surface area contributed by atoms with E-state index in [1.54, 1.807) is 4.90 Å². The molecule has 0 radical (unpaired) electrons. The van der Waals surface area contributed by atoms with Crippen LogP contribution in [0, 0.1) is 5.41 Å². The minimum absolute atomic E-state index is 0.195. The Hall–Kier alpha value is -1.55. The highest BCUT2D eigenvalue weighted by atomic mass is 16.5. The molecule has 0 spiro atoms. The van der Waals surface area contributed by atoms with E-state index >= 15 is 0 Å². The lowest BCUT2D eigenvalue weighted by atomic mass is 10.2. The predicted molar refractivity (Wildman–Crippen MR) is 53.8 cm³/mol. The summed E-state index contributed by atoms with van der Waals surface area (Å²) in [6, 6.07) is 9.85. The topological polar surface area (TPSA) is 48.4 Å². The fourth-order valence-electron chi connectivity index (χ4n) is 1.33. The minimum atomic E-state index is -0.195. The van der Waals surface area contributed by atoms with Crippen molar-refractivity contribution in [1.82, 2.24) is 10.2 Å². The first kappa shape index (κ1) is 9.02. The number of nitrogens with zero attached hydrogens (tertiary/aromatic N) is 1. The Morgan fingerprint density at radius 2 is 2.14 bits per heavy atom. The minimum Gasteiger partial charge on any atom is -0.334 e. The predicted octanol–water partition coefficient (Wildman–Crippen LogP) is 1.13. The van der Waals surface area contributed by atoms with Crippen molar-refractivity contribution in [2.45, 2.75) is 6.23 Å². The van der Waals surface area contributed by atoms with Gasteiger partial charge in [-0.2, -0.15) is 0 Å². The second kappa shape index (κ2) is 3.67. The van der Waals surface area contributed by atoms with E-state index in [-0.39, 0.29) is 6.23 Å². The number of hydrogen-bond donors (Lipinski definition) is 2. The fourth-order valence-corrected chi connectivity index (χ4v) is 1.33. The number of guanidine groups is 1. The Morgan fingerprint density at radius 3 is 2.79 bits per heavy atom. The van der Waals surface area contributed by atoms with E-state index in [9.17, 15) is 0 Å². The van der Waals surface area contributed by atoms with E-state index in [1.807, 2.05) is 37.4 Å². The fraction of sp³-hybridized carbons (Fsp3) is 0.300. The summed E-state index contributed by atoms with van der Waals surface area (Å²) in [5, 5.41) is 10.6. The van der Waals surface area contributed by atoms with Gasteiger partial charge in [-0.05, 0) is 0 Å². The van der Waals surface area contributed by atoms with Crippen LogP contribution in [0.25, 0.3) is 0 Å². The molecule has 1 fully saturated rings. The summed E-state index contributed by atoms with van der Waals surface area (Å²) >= 11 is 0. The van der Waals surface area contributed by atoms with Crippen molar-refractivity contribution in [2.24, 2.45) is 0 Å². The summed E-state index contributed by atoms with van der Waals surface area (Å²) in [4.78, 5) is 1.71. The van der Waals surface area contributed by atoms with Crippen LogP contribution in [0.3, 0.4) is 0 Å². The van der Waals surface area contributed by atoms with Crippen molar-refractivity contribution in [3.63, 3.8) is 0 Å². The van der Waals surface area contributed by atoms with Crippen LogP contribution in [-0.4, -0.2) is 24.6 Å². The van der Waals surface area contributed by atoms with Gasteiger partial charge in [0.05, 0.1) is 0 Å². The molecule has 0 saturated carbocycles. The maximum absolute atomic E-state index is 7.61. The molecule has 0 aromatic heterocycles. The van der Waals surface area contributed by atoms with Gasteiger partial charge in [0, 0.05) is 12.6 Å². The molecule has 2 N–H and O–H groups in total. The Balaban J connectivity index is 2.11. The molecular formula is C10H13N3O. The van der Waals surface area contributed by atoms with Crippen molar-refractivity contribution < 1.29 is 4.74 Å². The highest BCUT2D eigenvalue weighted by Gasteiger charge is 2.20. The normalized spacial score (nSPS) is 21.9. The molecule has 1 heterocycles. The van der Waals surface area contributed by atoms with Gasteiger partial charge in [0.1, 0.15) is 6.73 Å². The van der Waals surface area contributed by atoms with Gasteiger partial charge in [0.2, 0.25) is 0 Å². The Morgan fingerprint density at radius 1 is 1.43 bits per heavy atom. The monoisotopic (exact) mass is 191 g/mol. The van der Waals surface area contributed by atoms with Crippen LogP contribution >= 0.6 is 0 Å². The molecule has 1 aromatic carbocycles. The van der Waals surface area contributed by atoms with Crippen LogP contribution in [0.2, 0.25) is 0 Å². The molecule has 2 rings (SSSR count). The number of nitrogens with one attached hydrogen (secondary N) is 2. The maximum atomic E-state index is 7.61. The highest BCUT2D eigenvalue weighted by molar-refractivity contribution is 5.77. The first-order chi connectivity index (χ1) is 6.77. The van der Waals surface area contributed by atoms with E-state index in [1.165, 1.54) is 0 Å². The van der Waals surface area contributed by atoms with Crippen LogP contribution < -0.4 is 5.32 Å². The van der Waals surface area contributed by atoms with Crippen molar-refractivity contribution in [3.05, 3.63) is 35.9 Å². The van der Waals surface area contributed by atoms with E-state index in [0.29, 0.717) is 12.7 Å². The largest absolute Gasteiger partial charge is 0.334 e. The van der Waals surface area contributed by atoms with E-state index in [0.717, 1.165) is 5.56 Å². The van der Waals surface area contributed by atoms with E-state index in [2.05, 4.69) is 5.32 Å². The summed E-state index contributed by atoms with van der Waals surface area (Å²) in [5.74, 6) is 0.394. The van der Waals surface area contributed by atoms with Gasteiger partial charge >= 0.3 is 0 Å². The molecule has 4 nitrogen and oxygen atoms in total. The smallest absolute Gasteiger partial charge is 0.194 e. The van der Waals surface area contributed by atoms with Gasteiger partial charge < -0.3 is 15.0 Å². The molecule has 1 unspecified atom stereocenters. The lowest BCUT2D eigenvalue weighted by Crippen LogP contribution is -2.47. The Bertz CT molecular complexity index is 325. The quantitative estimate of drug-likeness (QED) is 0.699. The molecule has 1 atom stereocenters. The third kappa shape index (κ3) is 1.70. The van der Waals surface area contributed by atoms with Crippen molar-refractivity contribution in [2.75, 3.05) is 13.8 Å². The van der Waals surface area contributed by atoms with Crippen LogP contribution in [0.5, 0.6) is 0 Å². The zero-order chi connectivity index (χ0) is 9.97. The summed E-state index contributed by atoms with van der Waals surface area (Å²) in [6.45, 7) is 0.450. The summed E-state index contributed by atoms with van der Waals surface area (Å²) in [7, 11) is 1.82. The van der Waals surface area contributed by atoms with Crippen LogP contribution in [0.15, 0.2) is 30.3 Å². The van der Waals surface area contributed by atoms with Gasteiger partial charge in [-0.1, -0.05) is 30.3 Å². The summed E-state index contributed by atoms with van der Waals surface area (Å²) in [5.41, 5.74) is 1.05. The van der Waals surface area contributed by atoms with E-state index in [4.69, 9.17) is 10.1 Å². The third-order valence-electron chi connectivity index (χ3n) is 2.19. The lowest BCUT2D eigenvalue weighted by Gasteiger charge is -2.32. The first-order valence-corrected chi connectivity index (χ1v) is 4.50. The molecule has 1 aromatic rings. The number of benzene rings is 1. The zero-order valence-corrected chi connectivity index (χ0v) is 8.03. The molecule has 0 aliphatic carbocycles. The molecule has 0 bridgehead atoms. The summed E-state index contributed by atoms with van der Waals surface area (Å²) < 4.78 is 5.52. The average Bonchev–Trinajstić information content (AvgIpc) is 2.23. The molecular weight excluding hydrogens is 178 g/mol. The van der Waals surface area contributed by atoms with Crippen LogP contribution in [0.1, 0.15) is 11.8 Å². The van der Waals surface area contributed by atoms with Gasteiger partial charge in [0.25, 0.3) is 0 Å². The Kier molecular flexibility index (Phi) is 2.37. The second-order valence-electron chi connectivity index (χ2n) is 3.28. The van der Waals surface area contributed by atoms with E-state index < -0.39 is 0 Å². The third-order valence-corrected chi connectivity index (χ3v) is 2.19. The molecule has 14 heavy (non-hydrogen) atoms.